The van der Waals surface area contributed by atoms with Gasteiger partial charge in [-0.1, -0.05) is 18.2 Å². The molecule has 1 aliphatic rings. The van der Waals surface area contributed by atoms with Crippen molar-refractivity contribution in [2.45, 2.75) is 31.9 Å². The summed E-state index contributed by atoms with van der Waals surface area (Å²) in [6.45, 7) is 1.92. The average Bonchev–Trinajstić information content (AvgIpc) is 2.95. The second-order valence-electron chi connectivity index (χ2n) is 6.43. The number of rotatable bonds is 6. The Bertz CT molecular complexity index is 707. The van der Waals surface area contributed by atoms with E-state index in [1.807, 2.05) is 44.4 Å². The van der Waals surface area contributed by atoms with Crippen molar-refractivity contribution in [3.63, 3.8) is 0 Å². The molecule has 1 saturated carbocycles. The van der Waals surface area contributed by atoms with Gasteiger partial charge in [-0.15, -0.1) is 0 Å². The fourth-order valence-electron chi connectivity index (χ4n) is 3.05. The molecule has 1 amide bonds. The molecule has 0 spiro atoms. The summed E-state index contributed by atoms with van der Waals surface area (Å²) in [6.07, 6.45) is 4.78. The first-order valence-corrected chi connectivity index (χ1v) is 8.17. The Morgan fingerprint density at radius 2 is 2.21 bits per heavy atom. The van der Waals surface area contributed by atoms with E-state index in [9.17, 15) is 9.90 Å². The van der Waals surface area contributed by atoms with Crippen LogP contribution in [0.5, 0.6) is 5.75 Å². The summed E-state index contributed by atoms with van der Waals surface area (Å²) >= 11 is 0. The van der Waals surface area contributed by atoms with Gasteiger partial charge in [0.25, 0.3) is 5.91 Å². The molecule has 0 saturated heterocycles. The molecule has 3 rings (SSSR count). The predicted molar refractivity (Wildman–Crippen MR) is 89.5 cm³/mol. The van der Waals surface area contributed by atoms with Crippen LogP contribution in [0.2, 0.25) is 0 Å². The van der Waals surface area contributed by atoms with E-state index in [-0.39, 0.29) is 30.6 Å². The maximum Gasteiger partial charge on any atom is 0.258 e. The molecule has 1 atom stereocenters. The molecular weight excluding hydrogens is 306 g/mol. The van der Waals surface area contributed by atoms with Crippen LogP contribution in [0, 0.1) is 12.8 Å². The van der Waals surface area contributed by atoms with Crippen LogP contribution in [0.15, 0.2) is 36.7 Å². The van der Waals surface area contributed by atoms with Crippen LogP contribution < -0.4 is 10.1 Å². The van der Waals surface area contributed by atoms with Crippen LogP contribution in [0.4, 0.5) is 0 Å². The molecular formula is C18H23N3O3. The smallest absolute Gasteiger partial charge is 0.258 e. The number of ether oxygens (including phenoxy) is 1. The molecule has 1 aromatic carbocycles. The van der Waals surface area contributed by atoms with Crippen LogP contribution >= 0.6 is 0 Å². The molecule has 0 unspecified atom stereocenters. The lowest BCUT2D eigenvalue weighted by molar-refractivity contribution is -0.125. The van der Waals surface area contributed by atoms with Gasteiger partial charge in [0.05, 0.1) is 18.3 Å². The molecule has 0 aliphatic heterocycles. The molecule has 2 aromatic rings. The van der Waals surface area contributed by atoms with Gasteiger partial charge in [0, 0.05) is 18.8 Å². The quantitative estimate of drug-likeness (QED) is 0.846. The van der Waals surface area contributed by atoms with E-state index in [1.54, 1.807) is 10.9 Å². The van der Waals surface area contributed by atoms with Crippen molar-refractivity contribution in [1.82, 2.24) is 15.1 Å². The number of hydrogen-bond acceptors (Lipinski definition) is 4. The molecule has 1 aromatic heterocycles. The van der Waals surface area contributed by atoms with Gasteiger partial charge in [0.15, 0.2) is 6.61 Å². The number of amides is 1. The third-order valence-electron chi connectivity index (χ3n) is 4.47. The third kappa shape index (κ3) is 3.76. The molecule has 128 valence electrons. The number of aromatic nitrogens is 2. The highest BCUT2D eigenvalue weighted by molar-refractivity contribution is 5.78. The van der Waals surface area contributed by atoms with Gasteiger partial charge in [-0.25, -0.2) is 0 Å². The van der Waals surface area contributed by atoms with Crippen molar-refractivity contribution in [3.05, 3.63) is 47.8 Å². The number of aliphatic hydroxyl groups excluding tert-OH is 1. The minimum Gasteiger partial charge on any atom is -0.484 e. The van der Waals surface area contributed by atoms with Crippen molar-refractivity contribution in [1.29, 1.82) is 0 Å². The Morgan fingerprint density at radius 1 is 1.46 bits per heavy atom. The summed E-state index contributed by atoms with van der Waals surface area (Å²) in [7, 11) is 1.85. The Balaban J connectivity index is 1.62. The third-order valence-corrected chi connectivity index (χ3v) is 4.47. The number of para-hydroxylation sites is 1. The minimum absolute atomic E-state index is 0.0309. The van der Waals surface area contributed by atoms with Gasteiger partial charge in [-0.05, 0) is 37.3 Å². The zero-order chi connectivity index (χ0) is 17.1. The number of benzene rings is 1. The van der Waals surface area contributed by atoms with Crippen molar-refractivity contribution in [3.8, 4) is 5.75 Å². The number of aliphatic hydroxyl groups is 1. The first-order valence-electron chi connectivity index (χ1n) is 8.17. The van der Waals surface area contributed by atoms with E-state index in [2.05, 4.69) is 10.4 Å². The van der Waals surface area contributed by atoms with Crippen LogP contribution in [0.3, 0.4) is 0 Å². The zero-order valence-electron chi connectivity index (χ0n) is 14.0. The Morgan fingerprint density at radius 3 is 2.83 bits per heavy atom. The Kier molecular flexibility index (Phi) is 4.85. The number of carbonyl (C=O) groups excluding carboxylic acids is 1. The predicted octanol–water partition coefficient (Wildman–Crippen LogP) is 1.74. The van der Waals surface area contributed by atoms with Gasteiger partial charge in [0.2, 0.25) is 0 Å². The fraction of sp³-hybridized carbons (Fsp3) is 0.444. The summed E-state index contributed by atoms with van der Waals surface area (Å²) in [5.74, 6) is 0.768. The average molecular weight is 329 g/mol. The minimum atomic E-state index is -0.269. The van der Waals surface area contributed by atoms with E-state index in [0.29, 0.717) is 18.6 Å². The lowest BCUT2D eigenvalue weighted by Crippen LogP contribution is -2.42. The molecule has 1 aliphatic carbocycles. The topological polar surface area (TPSA) is 76.4 Å². The van der Waals surface area contributed by atoms with E-state index in [4.69, 9.17) is 4.74 Å². The molecule has 1 fully saturated rings. The monoisotopic (exact) mass is 329 g/mol. The summed E-state index contributed by atoms with van der Waals surface area (Å²) < 4.78 is 7.33. The molecule has 0 bridgehead atoms. The number of nitrogens with zero attached hydrogens (tertiary/aromatic N) is 2. The zero-order valence-corrected chi connectivity index (χ0v) is 14.0. The highest BCUT2D eigenvalue weighted by Crippen LogP contribution is 2.37. The summed E-state index contributed by atoms with van der Waals surface area (Å²) in [5, 5.41) is 16.8. The van der Waals surface area contributed by atoms with Crippen LogP contribution in [-0.4, -0.2) is 33.5 Å². The maximum absolute atomic E-state index is 12.3. The first-order chi connectivity index (χ1) is 11.5. The van der Waals surface area contributed by atoms with Gasteiger partial charge >= 0.3 is 0 Å². The highest BCUT2D eigenvalue weighted by Gasteiger charge is 2.36. The molecule has 0 radical (unpaired) electrons. The fourth-order valence-corrected chi connectivity index (χ4v) is 3.05. The highest BCUT2D eigenvalue weighted by atomic mass is 16.5. The van der Waals surface area contributed by atoms with Crippen LogP contribution in [0.25, 0.3) is 0 Å². The van der Waals surface area contributed by atoms with Crippen molar-refractivity contribution in [2.75, 3.05) is 6.61 Å². The van der Waals surface area contributed by atoms with Crippen LogP contribution in [0.1, 0.15) is 30.0 Å². The number of hydrogen-bond donors (Lipinski definition) is 2. The molecule has 2 N–H and O–H groups in total. The number of nitrogens with one attached hydrogen (secondary N) is 1. The van der Waals surface area contributed by atoms with Crippen molar-refractivity contribution < 1.29 is 14.6 Å². The molecule has 1 heterocycles. The van der Waals surface area contributed by atoms with E-state index < -0.39 is 0 Å². The van der Waals surface area contributed by atoms with Gasteiger partial charge < -0.3 is 15.2 Å². The number of aryl methyl sites for hydroxylation is 2. The van der Waals surface area contributed by atoms with E-state index in [0.717, 1.165) is 11.1 Å². The number of carbonyl (C=O) groups is 1. The molecule has 24 heavy (non-hydrogen) atoms. The van der Waals surface area contributed by atoms with Crippen LogP contribution in [-0.2, 0) is 11.8 Å². The summed E-state index contributed by atoms with van der Waals surface area (Å²) in [5.41, 5.74) is 1.95. The van der Waals surface area contributed by atoms with E-state index >= 15 is 0 Å². The SMILES string of the molecule is Cc1ccccc1OCC(=O)N[C@@H](c1cnn(C)c1)C1CC(O)C1. The maximum atomic E-state index is 12.3. The second kappa shape index (κ2) is 7.05. The Labute approximate surface area is 141 Å². The normalized spacial score (nSPS) is 21.0. The second-order valence-corrected chi connectivity index (χ2v) is 6.43. The summed E-state index contributed by atoms with van der Waals surface area (Å²) in [6, 6.07) is 7.47. The van der Waals surface area contributed by atoms with Gasteiger partial charge in [0.1, 0.15) is 5.75 Å². The molecule has 6 heteroatoms. The Hall–Kier alpha value is -2.34. The molecule has 6 nitrogen and oxygen atoms in total. The van der Waals surface area contributed by atoms with E-state index in [1.165, 1.54) is 0 Å². The summed E-state index contributed by atoms with van der Waals surface area (Å²) in [4.78, 5) is 12.3. The standard InChI is InChI=1S/C18H23N3O3/c1-12-5-3-4-6-16(12)24-11-17(23)20-18(13-7-15(22)8-13)14-9-19-21(2)10-14/h3-6,9-10,13,15,18,22H,7-8,11H2,1-2H3,(H,20,23)/t13?,15?,18-/m1/s1. The lowest BCUT2D eigenvalue weighted by Gasteiger charge is -2.37. The van der Waals surface area contributed by atoms with Gasteiger partial charge in [-0.3, -0.25) is 9.48 Å². The van der Waals surface area contributed by atoms with Crippen molar-refractivity contribution >= 4 is 5.91 Å². The van der Waals surface area contributed by atoms with Crippen molar-refractivity contribution in [2.24, 2.45) is 13.0 Å². The van der Waals surface area contributed by atoms with Gasteiger partial charge in [-0.2, -0.15) is 5.10 Å². The first kappa shape index (κ1) is 16.5. The largest absolute Gasteiger partial charge is 0.484 e. The lowest BCUT2D eigenvalue weighted by atomic mass is 9.75.